The van der Waals surface area contributed by atoms with Gasteiger partial charge in [-0.05, 0) is 36.5 Å². The molecule has 0 aliphatic carbocycles. The van der Waals surface area contributed by atoms with Crippen molar-refractivity contribution < 1.29 is 0 Å². The zero-order chi connectivity index (χ0) is 14.9. The fourth-order valence-corrected chi connectivity index (χ4v) is 3.41. The minimum absolute atomic E-state index is 0.558. The van der Waals surface area contributed by atoms with Crippen LogP contribution in [-0.2, 0) is 13.0 Å². The van der Waals surface area contributed by atoms with Gasteiger partial charge in [-0.1, -0.05) is 50.2 Å². The summed E-state index contributed by atoms with van der Waals surface area (Å²) in [6.07, 6.45) is 1.11. The van der Waals surface area contributed by atoms with Crippen molar-refractivity contribution in [2.75, 3.05) is 19.6 Å². The highest BCUT2D eigenvalue weighted by Gasteiger charge is 2.15. The Balaban J connectivity index is 1.91. The minimum atomic E-state index is 0.558. The molecule has 1 aromatic carbocycles. The summed E-state index contributed by atoms with van der Waals surface area (Å²) in [7, 11) is 0. The predicted molar refractivity (Wildman–Crippen MR) is 92.9 cm³/mol. The molecule has 0 radical (unpaired) electrons. The average Bonchev–Trinajstić information content (AvgIpc) is 3.02. The topological polar surface area (TPSA) is 15.3 Å². The summed E-state index contributed by atoms with van der Waals surface area (Å²) in [6.45, 7) is 8.73. The zero-order valence-electron chi connectivity index (χ0n) is 13.1. The molecule has 114 valence electrons. The van der Waals surface area contributed by atoms with E-state index in [0.717, 1.165) is 32.6 Å². The van der Waals surface area contributed by atoms with Gasteiger partial charge in [0.15, 0.2) is 0 Å². The van der Waals surface area contributed by atoms with E-state index in [4.69, 9.17) is 0 Å². The first-order valence-electron chi connectivity index (χ1n) is 7.84. The highest BCUT2D eigenvalue weighted by molar-refractivity contribution is 7.09. The first-order chi connectivity index (χ1) is 10.3. The molecule has 0 amide bonds. The molecule has 1 atom stereocenters. The summed E-state index contributed by atoms with van der Waals surface area (Å²) >= 11 is 1.82. The van der Waals surface area contributed by atoms with Crippen LogP contribution in [-0.4, -0.2) is 30.6 Å². The van der Waals surface area contributed by atoms with Crippen molar-refractivity contribution in [3.8, 4) is 0 Å². The van der Waals surface area contributed by atoms with Gasteiger partial charge < -0.3 is 5.32 Å². The molecule has 0 saturated carbocycles. The van der Waals surface area contributed by atoms with E-state index in [0.29, 0.717) is 6.04 Å². The molecule has 0 saturated heterocycles. The second-order valence-corrected chi connectivity index (χ2v) is 6.31. The highest BCUT2D eigenvalue weighted by Crippen LogP contribution is 2.10. The van der Waals surface area contributed by atoms with Crippen LogP contribution in [0.3, 0.4) is 0 Å². The number of thiophene rings is 1. The van der Waals surface area contributed by atoms with Crippen LogP contribution in [0.1, 0.15) is 24.3 Å². The quantitative estimate of drug-likeness (QED) is 0.758. The normalized spacial score (nSPS) is 12.7. The van der Waals surface area contributed by atoms with Crippen molar-refractivity contribution >= 4 is 11.3 Å². The lowest BCUT2D eigenvalue weighted by atomic mass is 10.0. The van der Waals surface area contributed by atoms with Gasteiger partial charge in [-0.2, -0.15) is 0 Å². The molecule has 0 aliphatic heterocycles. The standard InChI is InChI=1S/C18H26N2S/c1-3-20(4-2)17(13-16-9-6-5-7-10-16)14-19-15-18-11-8-12-21-18/h5-12,17,19H,3-4,13-15H2,1-2H3. The van der Waals surface area contributed by atoms with Crippen LogP contribution < -0.4 is 5.32 Å². The van der Waals surface area contributed by atoms with E-state index in [1.165, 1.54) is 10.4 Å². The summed E-state index contributed by atoms with van der Waals surface area (Å²) in [5.41, 5.74) is 1.42. The molecule has 1 N–H and O–H groups in total. The van der Waals surface area contributed by atoms with Crippen molar-refractivity contribution in [2.45, 2.75) is 32.9 Å². The van der Waals surface area contributed by atoms with Gasteiger partial charge in [-0.15, -0.1) is 11.3 Å². The molecule has 21 heavy (non-hydrogen) atoms. The Kier molecular flexibility index (Phi) is 6.93. The average molecular weight is 302 g/mol. The first kappa shape index (κ1) is 16.2. The van der Waals surface area contributed by atoms with Crippen LogP contribution >= 0.6 is 11.3 Å². The maximum Gasteiger partial charge on any atom is 0.0300 e. The van der Waals surface area contributed by atoms with Crippen molar-refractivity contribution in [1.29, 1.82) is 0 Å². The molecule has 0 bridgehead atoms. The zero-order valence-corrected chi connectivity index (χ0v) is 13.9. The summed E-state index contributed by atoms with van der Waals surface area (Å²) < 4.78 is 0. The third-order valence-corrected chi connectivity index (χ3v) is 4.78. The maximum atomic E-state index is 3.63. The predicted octanol–water partition coefficient (Wildman–Crippen LogP) is 3.79. The highest BCUT2D eigenvalue weighted by atomic mass is 32.1. The molecule has 3 heteroatoms. The molecule has 2 rings (SSSR count). The minimum Gasteiger partial charge on any atom is -0.310 e. The number of likely N-dealkylation sites (N-methyl/N-ethyl adjacent to an activating group) is 1. The molecule has 1 heterocycles. The van der Waals surface area contributed by atoms with Gasteiger partial charge in [0.2, 0.25) is 0 Å². The van der Waals surface area contributed by atoms with E-state index in [-0.39, 0.29) is 0 Å². The fourth-order valence-electron chi connectivity index (χ4n) is 2.73. The Bertz CT molecular complexity index is 477. The van der Waals surface area contributed by atoms with Gasteiger partial charge in [0.25, 0.3) is 0 Å². The number of nitrogens with one attached hydrogen (secondary N) is 1. The van der Waals surface area contributed by atoms with Crippen LogP contribution in [0.25, 0.3) is 0 Å². The van der Waals surface area contributed by atoms with Gasteiger partial charge in [-0.25, -0.2) is 0 Å². The Morgan fingerprint density at radius 3 is 2.43 bits per heavy atom. The molecule has 0 fully saturated rings. The smallest absolute Gasteiger partial charge is 0.0300 e. The van der Waals surface area contributed by atoms with Crippen molar-refractivity contribution in [3.05, 3.63) is 58.3 Å². The lowest BCUT2D eigenvalue weighted by molar-refractivity contribution is 0.209. The largest absolute Gasteiger partial charge is 0.310 e. The van der Waals surface area contributed by atoms with E-state index in [2.05, 4.69) is 71.9 Å². The fraction of sp³-hybridized carbons (Fsp3) is 0.444. The number of benzene rings is 1. The third kappa shape index (κ3) is 5.27. The van der Waals surface area contributed by atoms with Crippen LogP contribution in [0.2, 0.25) is 0 Å². The molecule has 1 aromatic heterocycles. The lowest BCUT2D eigenvalue weighted by Gasteiger charge is -2.30. The summed E-state index contributed by atoms with van der Waals surface area (Å²) in [5.74, 6) is 0. The van der Waals surface area contributed by atoms with Gasteiger partial charge in [0, 0.05) is 24.0 Å². The number of rotatable bonds is 9. The Morgan fingerprint density at radius 2 is 1.81 bits per heavy atom. The SMILES string of the molecule is CCN(CC)C(CNCc1cccs1)Cc1ccccc1. The Labute approximate surface area is 132 Å². The van der Waals surface area contributed by atoms with Crippen molar-refractivity contribution in [2.24, 2.45) is 0 Å². The van der Waals surface area contributed by atoms with E-state index in [9.17, 15) is 0 Å². The third-order valence-electron chi connectivity index (χ3n) is 3.90. The van der Waals surface area contributed by atoms with Crippen LogP contribution in [0, 0.1) is 0 Å². The summed E-state index contributed by atoms with van der Waals surface area (Å²) in [6, 6.07) is 15.7. The lowest BCUT2D eigenvalue weighted by Crippen LogP contribution is -2.43. The van der Waals surface area contributed by atoms with Crippen molar-refractivity contribution in [3.63, 3.8) is 0 Å². The Morgan fingerprint density at radius 1 is 1.05 bits per heavy atom. The van der Waals surface area contributed by atoms with Gasteiger partial charge in [0.05, 0.1) is 0 Å². The Hall–Kier alpha value is -1.16. The molecule has 2 aromatic rings. The summed E-state index contributed by atoms with van der Waals surface area (Å²) in [5, 5.41) is 5.77. The first-order valence-corrected chi connectivity index (χ1v) is 8.72. The van der Waals surface area contributed by atoms with Gasteiger partial charge in [0.1, 0.15) is 0 Å². The van der Waals surface area contributed by atoms with Crippen LogP contribution in [0.4, 0.5) is 0 Å². The molecule has 0 aliphatic rings. The maximum absolute atomic E-state index is 3.63. The number of hydrogen-bond donors (Lipinski definition) is 1. The molecule has 0 spiro atoms. The second kappa shape index (κ2) is 8.98. The van der Waals surface area contributed by atoms with Crippen LogP contribution in [0.5, 0.6) is 0 Å². The number of hydrogen-bond acceptors (Lipinski definition) is 3. The second-order valence-electron chi connectivity index (χ2n) is 5.28. The monoisotopic (exact) mass is 302 g/mol. The van der Waals surface area contributed by atoms with Crippen molar-refractivity contribution in [1.82, 2.24) is 10.2 Å². The van der Waals surface area contributed by atoms with Crippen LogP contribution in [0.15, 0.2) is 47.8 Å². The summed E-state index contributed by atoms with van der Waals surface area (Å²) in [4.78, 5) is 3.96. The number of nitrogens with zero attached hydrogens (tertiary/aromatic N) is 1. The van der Waals surface area contributed by atoms with E-state index < -0.39 is 0 Å². The van der Waals surface area contributed by atoms with E-state index in [1.807, 2.05) is 11.3 Å². The van der Waals surface area contributed by atoms with Gasteiger partial charge >= 0.3 is 0 Å². The molecular weight excluding hydrogens is 276 g/mol. The van der Waals surface area contributed by atoms with E-state index >= 15 is 0 Å². The molecule has 2 nitrogen and oxygen atoms in total. The molecule has 1 unspecified atom stereocenters. The van der Waals surface area contributed by atoms with E-state index in [1.54, 1.807) is 0 Å². The molecular formula is C18H26N2S. The van der Waals surface area contributed by atoms with Gasteiger partial charge in [-0.3, -0.25) is 4.90 Å².